The molecule has 0 fully saturated rings. The molecule has 2 nitrogen and oxygen atoms in total. The van der Waals surface area contributed by atoms with Gasteiger partial charge in [0, 0.05) is 11.1 Å². The van der Waals surface area contributed by atoms with Crippen molar-refractivity contribution in [2.75, 3.05) is 0 Å². The van der Waals surface area contributed by atoms with Gasteiger partial charge in [0.2, 0.25) is 0 Å². The summed E-state index contributed by atoms with van der Waals surface area (Å²) in [6.45, 7) is 0. The van der Waals surface area contributed by atoms with Gasteiger partial charge in [0.05, 0.1) is 5.02 Å². The zero-order valence-electron chi connectivity index (χ0n) is 6.58. The van der Waals surface area contributed by atoms with Gasteiger partial charge in [0.15, 0.2) is 12.6 Å². The Morgan fingerprint density at radius 3 is 2.62 bits per heavy atom. The highest BCUT2D eigenvalue weighted by Crippen LogP contribution is 2.15. The van der Waals surface area contributed by atoms with Crippen LogP contribution in [0.15, 0.2) is 18.2 Å². The zero-order chi connectivity index (χ0) is 9.68. The van der Waals surface area contributed by atoms with Crippen LogP contribution in [0, 0.1) is 11.8 Å². The van der Waals surface area contributed by atoms with Crippen molar-refractivity contribution >= 4 is 24.2 Å². The van der Waals surface area contributed by atoms with E-state index in [0.717, 1.165) is 0 Å². The molecule has 0 aliphatic carbocycles. The van der Waals surface area contributed by atoms with Crippen molar-refractivity contribution in [2.45, 2.75) is 0 Å². The smallest absolute Gasteiger partial charge is 0.193 e. The summed E-state index contributed by atoms with van der Waals surface area (Å²) in [5.74, 6) is 4.82. The standard InChI is InChI=1S/C10H5ClO2/c11-10-6-8(2-1-5-12)3-4-9(10)7-13/h3-7H. The lowest BCUT2D eigenvalue weighted by Crippen LogP contribution is -1.83. The van der Waals surface area contributed by atoms with E-state index in [2.05, 4.69) is 11.8 Å². The Morgan fingerprint density at radius 1 is 1.31 bits per heavy atom. The van der Waals surface area contributed by atoms with Gasteiger partial charge in [0.25, 0.3) is 0 Å². The summed E-state index contributed by atoms with van der Waals surface area (Å²) < 4.78 is 0. The van der Waals surface area contributed by atoms with E-state index in [1.807, 2.05) is 0 Å². The first-order valence-electron chi connectivity index (χ1n) is 3.48. The predicted octanol–water partition coefficient (Wildman–Crippen LogP) is 1.70. The molecule has 64 valence electrons. The van der Waals surface area contributed by atoms with E-state index >= 15 is 0 Å². The van der Waals surface area contributed by atoms with Crippen LogP contribution < -0.4 is 0 Å². The van der Waals surface area contributed by atoms with Crippen LogP contribution in [0.2, 0.25) is 5.02 Å². The number of carbonyl (C=O) groups is 2. The normalized spacial score (nSPS) is 8.38. The summed E-state index contributed by atoms with van der Waals surface area (Å²) in [6, 6.07) is 4.73. The first kappa shape index (κ1) is 9.50. The van der Waals surface area contributed by atoms with Crippen LogP contribution in [0.25, 0.3) is 0 Å². The molecule has 1 aromatic rings. The van der Waals surface area contributed by atoms with Crippen LogP contribution in [0.1, 0.15) is 15.9 Å². The molecule has 0 radical (unpaired) electrons. The van der Waals surface area contributed by atoms with E-state index in [0.29, 0.717) is 28.7 Å². The summed E-state index contributed by atoms with van der Waals surface area (Å²) in [4.78, 5) is 20.3. The van der Waals surface area contributed by atoms with E-state index in [1.54, 1.807) is 18.2 Å². The van der Waals surface area contributed by atoms with Crippen LogP contribution in [0.4, 0.5) is 0 Å². The molecule has 1 aromatic carbocycles. The number of aldehydes is 2. The third-order valence-corrected chi connectivity index (χ3v) is 1.73. The monoisotopic (exact) mass is 192 g/mol. The van der Waals surface area contributed by atoms with E-state index < -0.39 is 0 Å². The molecule has 0 amide bonds. The Morgan fingerprint density at radius 2 is 2.08 bits per heavy atom. The molecule has 0 spiro atoms. The van der Waals surface area contributed by atoms with Gasteiger partial charge in [-0.1, -0.05) is 17.5 Å². The van der Waals surface area contributed by atoms with Crippen LogP contribution in [-0.4, -0.2) is 12.6 Å². The van der Waals surface area contributed by atoms with E-state index in [-0.39, 0.29) is 0 Å². The van der Waals surface area contributed by atoms with Crippen LogP contribution in [-0.2, 0) is 4.79 Å². The summed E-state index contributed by atoms with van der Waals surface area (Å²) in [6.07, 6.45) is 1.17. The Hall–Kier alpha value is -1.59. The fourth-order valence-electron chi connectivity index (χ4n) is 0.813. The molecule has 0 aliphatic heterocycles. The maximum atomic E-state index is 10.4. The van der Waals surface area contributed by atoms with Gasteiger partial charge in [0.1, 0.15) is 0 Å². The fraction of sp³-hybridized carbons (Fsp3) is 0. The van der Waals surface area contributed by atoms with Gasteiger partial charge in [-0.3, -0.25) is 9.59 Å². The third-order valence-electron chi connectivity index (χ3n) is 1.40. The molecule has 3 heteroatoms. The maximum absolute atomic E-state index is 10.4. The van der Waals surface area contributed by atoms with Crippen molar-refractivity contribution in [3.8, 4) is 11.8 Å². The first-order chi connectivity index (χ1) is 6.27. The van der Waals surface area contributed by atoms with Gasteiger partial charge in [-0.2, -0.15) is 0 Å². The molecule has 0 atom stereocenters. The van der Waals surface area contributed by atoms with E-state index in [4.69, 9.17) is 11.6 Å². The van der Waals surface area contributed by atoms with Crippen molar-refractivity contribution < 1.29 is 9.59 Å². The number of benzene rings is 1. The molecule has 0 aromatic heterocycles. The Kier molecular flexibility index (Phi) is 3.24. The van der Waals surface area contributed by atoms with Crippen molar-refractivity contribution in [2.24, 2.45) is 0 Å². The van der Waals surface area contributed by atoms with E-state index in [9.17, 15) is 9.59 Å². The molecule has 1 rings (SSSR count). The molecule has 0 bridgehead atoms. The minimum Gasteiger partial charge on any atom is -0.298 e. The minimum absolute atomic E-state index is 0.340. The highest BCUT2D eigenvalue weighted by Gasteiger charge is 1.98. The molecule has 0 N–H and O–H groups in total. The van der Waals surface area contributed by atoms with Gasteiger partial charge >= 0.3 is 0 Å². The Labute approximate surface area is 80.5 Å². The quantitative estimate of drug-likeness (QED) is 0.501. The highest BCUT2D eigenvalue weighted by atomic mass is 35.5. The molecule has 0 aliphatic rings. The number of carbonyl (C=O) groups excluding carboxylic acids is 2. The highest BCUT2D eigenvalue weighted by molar-refractivity contribution is 6.33. The van der Waals surface area contributed by atoms with Crippen molar-refractivity contribution in [1.29, 1.82) is 0 Å². The average molecular weight is 193 g/mol. The van der Waals surface area contributed by atoms with Crippen molar-refractivity contribution in [1.82, 2.24) is 0 Å². The number of hydrogen-bond acceptors (Lipinski definition) is 2. The second-order valence-corrected chi connectivity index (χ2v) is 2.65. The predicted molar refractivity (Wildman–Crippen MR) is 49.8 cm³/mol. The fourth-order valence-corrected chi connectivity index (χ4v) is 1.04. The molecule has 0 saturated heterocycles. The molecule has 13 heavy (non-hydrogen) atoms. The molecule has 0 heterocycles. The van der Waals surface area contributed by atoms with Crippen LogP contribution in [0.3, 0.4) is 0 Å². The molecule has 0 saturated carbocycles. The summed E-state index contributed by atoms with van der Waals surface area (Å²) in [5, 5.41) is 0.340. The summed E-state index contributed by atoms with van der Waals surface area (Å²) in [7, 11) is 0. The third kappa shape index (κ3) is 2.43. The number of halogens is 1. The van der Waals surface area contributed by atoms with Crippen molar-refractivity contribution in [3.63, 3.8) is 0 Å². The minimum atomic E-state index is 0.340. The second-order valence-electron chi connectivity index (χ2n) is 2.24. The topological polar surface area (TPSA) is 34.1 Å². The SMILES string of the molecule is O=CC#Cc1ccc(C=O)c(Cl)c1. The second kappa shape index (κ2) is 4.44. The van der Waals surface area contributed by atoms with Crippen molar-refractivity contribution in [3.05, 3.63) is 34.3 Å². The number of hydrogen-bond donors (Lipinski definition) is 0. The van der Waals surface area contributed by atoms with Gasteiger partial charge in [-0.15, -0.1) is 0 Å². The Bertz CT molecular complexity index is 399. The zero-order valence-corrected chi connectivity index (χ0v) is 7.34. The molecule has 0 unspecified atom stereocenters. The summed E-state index contributed by atoms with van der Waals surface area (Å²) in [5.41, 5.74) is 1.03. The lowest BCUT2D eigenvalue weighted by molar-refractivity contribution is -0.103. The summed E-state index contributed by atoms with van der Waals surface area (Å²) >= 11 is 5.72. The lowest BCUT2D eigenvalue weighted by atomic mass is 10.1. The average Bonchev–Trinajstić information content (AvgIpc) is 2.15. The molecular weight excluding hydrogens is 188 g/mol. The number of rotatable bonds is 1. The lowest BCUT2D eigenvalue weighted by Gasteiger charge is -1.95. The van der Waals surface area contributed by atoms with E-state index in [1.165, 1.54) is 0 Å². The van der Waals surface area contributed by atoms with Gasteiger partial charge in [-0.25, -0.2) is 0 Å². The Balaban J connectivity index is 3.09. The first-order valence-corrected chi connectivity index (χ1v) is 3.85. The van der Waals surface area contributed by atoms with Crippen LogP contribution >= 0.6 is 11.6 Å². The van der Waals surface area contributed by atoms with Gasteiger partial charge in [-0.05, 0) is 24.1 Å². The molecular formula is C10H5ClO2. The van der Waals surface area contributed by atoms with Crippen LogP contribution in [0.5, 0.6) is 0 Å². The van der Waals surface area contributed by atoms with Gasteiger partial charge < -0.3 is 0 Å². The maximum Gasteiger partial charge on any atom is 0.193 e. The largest absolute Gasteiger partial charge is 0.298 e.